The van der Waals surface area contributed by atoms with Crippen molar-refractivity contribution >= 4 is 22.7 Å². The SMILES string of the molecule is COc1ccc2c(c1)c(C(=O)OC(C)(C)C)c(N)n2Cc1ccccc1. The highest BCUT2D eigenvalue weighted by molar-refractivity contribution is 6.09. The normalized spacial score (nSPS) is 11.5. The van der Waals surface area contributed by atoms with Crippen LogP contribution in [-0.2, 0) is 11.3 Å². The van der Waals surface area contributed by atoms with Crippen molar-refractivity contribution in [3.8, 4) is 5.75 Å². The fraction of sp³-hybridized carbons (Fsp3) is 0.286. The molecule has 0 unspecified atom stereocenters. The second kappa shape index (κ2) is 6.75. The summed E-state index contributed by atoms with van der Waals surface area (Å²) in [5.41, 5.74) is 8.14. The molecule has 0 aliphatic heterocycles. The number of methoxy groups -OCH3 is 1. The smallest absolute Gasteiger partial charge is 0.343 e. The monoisotopic (exact) mass is 352 g/mol. The molecule has 2 aromatic carbocycles. The van der Waals surface area contributed by atoms with Gasteiger partial charge in [-0.1, -0.05) is 30.3 Å². The number of hydrogen-bond acceptors (Lipinski definition) is 4. The van der Waals surface area contributed by atoms with Crippen LogP contribution in [0.2, 0.25) is 0 Å². The number of hydrogen-bond donors (Lipinski definition) is 1. The van der Waals surface area contributed by atoms with Gasteiger partial charge in [0.2, 0.25) is 0 Å². The van der Waals surface area contributed by atoms with E-state index in [0.29, 0.717) is 23.7 Å². The lowest BCUT2D eigenvalue weighted by Gasteiger charge is -2.19. The Morgan fingerprint density at radius 2 is 1.81 bits per heavy atom. The molecule has 0 atom stereocenters. The Labute approximate surface area is 153 Å². The highest BCUT2D eigenvalue weighted by Gasteiger charge is 2.26. The lowest BCUT2D eigenvalue weighted by atomic mass is 10.1. The molecule has 0 saturated heterocycles. The van der Waals surface area contributed by atoms with E-state index < -0.39 is 11.6 Å². The fourth-order valence-electron chi connectivity index (χ4n) is 2.96. The van der Waals surface area contributed by atoms with Gasteiger partial charge in [0.05, 0.1) is 12.6 Å². The van der Waals surface area contributed by atoms with Crippen molar-refractivity contribution in [3.05, 3.63) is 59.7 Å². The first-order valence-corrected chi connectivity index (χ1v) is 8.53. The third-order valence-corrected chi connectivity index (χ3v) is 4.10. The van der Waals surface area contributed by atoms with E-state index in [1.54, 1.807) is 7.11 Å². The molecular formula is C21H24N2O3. The molecule has 0 aliphatic rings. The van der Waals surface area contributed by atoms with E-state index in [1.807, 2.05) is 73.9 Å². The van der Waals surface area contributed by atoms with Crippen LogP contribution in [0.15, 0.2) is 48.5 Å². The van der Waals surface area contributed by atoms with Crippen LogP contribution in [0.1, 0.15) is 36.7 Å². The van der Waals surface area contributed by atoms with Crippen LogP contribution in [-0.4, -0.2) is 23.2 Å². The number of nitrogen functional groups attached to an aromatic ring is 1. The predicted octanol–water partition coefficient (Wildman–Crippen LogP) is 4.24. The molecule has 2 N–H and O–H groups in total. The van der Waals surface area contributed by atoms with Gasteiger partial charge < -0.3 is 19.8 Å². The summed E-state index contributed by atoms with van der Waals surface area (Å²) in [6, 6.07) is 15.6. The van der Waals surface area contributed by atoms with Gasteiger partial charge >= 0.3 is 5.97 Å². The zero-order valence-electron chi connectivity index (χ0n) is 15.6. The number of carbonyl (C=O) groups excluding carboxylic acids is 1. The van der Waals surface area contributed by atoms with Gasteiger partial charge in [0.1, 0.15) is 22.7 Å². The number of nitrogens with zero attached hydrogens (tertiary/aromatic N) is 1. The van der Waals surface area contributed by atoms with Gasteiger partial charge in [-0.3, -0.25) is 0 Å². The van der Waals surface area contributed by atoms with Crippen LogP contribution in [0.3, 0.4) is 0 Å². The summed E-state index contributed by atoms with van der Waals surface area (Å²) in [5.74, 6) is 0.630. The third kappa shape index (κ3) is 3.52. The molecular weight excluding hydrogens is 328 g/mol. The molecule has 0 fully saturated rings. The molecule has 1 aromatic heterocycles. The maximum Gasteiger partial charge on any atom is 0.343 e. The maximum atomic E-state index is 12.8. The molecule has 0 radical (unpaired) electrons. The number of anilines is 1. The molecule has 1 heterocycles. The molecule has 26 heavy (non-hydrogen) atoms. The van der Waals surface area contributed by atoms with E-state index in [0.717, 1.165) is 16.5 Å². The van der Waals surface area contributed by atoms with E-state index in [4.69, 9.17) is 15.2 Å². The first kappa shape index (κ1) is 17.9. The molecule has 3 aromatic rings. The molecule has 136 valence electrons. The second-order valence-corrected chi connectivity index (χ2v) is 7.22. The Hall–Kier alpha value is -2.95. The van der Waals surface area contributed by atoms with E-state index in [9.17, 15) is 4.79 Å². The van der Waals surface area contributed by atoms with Crippen LogP contribution in [0.5, 0.6) is 5.75 Å². The number of benzene rings is 2. The molecule has 5 heteroatoms. The number of aromatic nitrogens is 1. The van der Waals surface area contributed by atoms with Crippen LogP contribution in [0, 0.1) is 0 Å². The summed E-state index contributed by atoms with van der Waals surface area (Å²) >= 11 is 0. The van der Waals surface area contributed by atoms with Gasteiger partial charge in [0, 0.05) is 11.9 Å². The Morgan fingerprint density at radius 1 is 1.12 bits per heavy atom. The van der Waals surface area contributed by atoms with E-state index in [1.165, 1.54) is 0 Å². The molecule has 0 spiro atoms. The number of ether oxygens (including phenoxy) is 2. The topological polar surface area (TPSA) is 66.5 Å². The summed E-state index contributed by atoms with van der Waals surface area (Å²) in [5, 5.41) is 0.729. The average molecular weight is 352 g/mol. The van der Waals surface area contributed by atoms with E-state index in [-0.39, 0.29) is 0 Å². The molecule has 0 saturated carbocycles. The van der Waals surface area contributed by atoms with Gasteiger partial charge in [0.25, 0.3) is 0 Å². The molecule has 0 bridgehead atoms. The Balaban J connectivity index is 2.16. The quantitative estimate of drug-likeness (QED) is 0.713. The number of esters is 1. The van der Waals surface area contributed by atoms with Crippen molar-refractivity contribution in [2.24, 2.45) is 0 Å². The number of carbonyl (C=O) groups is 1. The van der Waals surface area contributed by atoms with Crippen molar-refractivity contribution in [1.82, 2.24) is 4.57 Å². The van der Waals surface area contributed by atoms with Crippen molar-refractivity contribution in [2.75, 3.05) is 12.8 Å². The minimum absolute atomic E-state index is 0.379. The first-order valence-electron chi connectivity index (χ1n) is 8.53. The van der Waals surface area contributed by atoms with Crippen LogP contribution in [0.25, 0.3) is 10.9 Å². The number of fused-ring (bicyclic) bond motifs is 1. The minimum Gasteiger partial charge on any atom is -0.497 e. The molecule has 5 nitrogen and oxygen atoms in total. The highest BCUT2D eigenvalue weighted by atomic mass is 16.6. The lowest BCUT2D eigenvalue weighted by Crippen LogP contribution is -2.24. The second-order valence-electron chi connectivity index (χ2n) is 7.22. The highest BCUT2D eigenvalue weighted by Crippen LogP contribution is 2.33. The van der Waals surface area contributed by atoms with Crippen molar-refractivity contribution in [2.45, 2.75) is 32.9 Å². The van der Waals surface area contributed by atoms with Gasteiger partial charge in [-0.05, 0) is 44.5 Å². The maximum absolute atomic E-state index is 12.8. The van der Waals surface area contributed by atoms with Crippen molar-refractivity contribution in [3.63, 3.8) is 0 Å². The van der Waals surface area contributed by atoms with Crippen molar-refractivity contribution < 1.29 is 14.3 Å². The van der Waals surface area contributed by atoms with E-state index in [2.05, 4.69) is 0 Å². The predicted molar refractivity (Wildman–Crippen MR) is 104 cm³/mol. The Bertz CT molecular complexity index is 937. The molecule has 0 aliphatic carbocycles. The summed E-state index contributed by atoms with van der Waals surface area (Å²) in [6.45, 7) is 6.08. The zero-order chi connectivity index (χ0) is 18.9. The Morgan fingerprint density at radius 3 is 2.42 bits per heavy atom. The van der Waals surface area contributed by atoms with Gasteiger partial charge in [-0.15, -0.1) is 0 Å². The Kier molecular flexibility index (Phi) is 4.64. The summed E-state index contributed by atoms with van der Waals surface area (Å²) < 4.78 is 12.8. The number of nitrogens with two attached hydrogens (primary N) is 1. The van der Waals surface area contributed by atoms with Crippen LogP contribution < -0.4 is 10.5 Å². The van der Waals surface area contributed by atoms with Gasteiger partial charge in [0.15, 0.2) is 0 Å². The molecule has 0 amide bonds. The van der Waals surface area contributed by atoms with E-state index >= 15 is 0 Å². The zero-order valence-corrected chi connectivity index (χ0v) is 15.6. The summed E-state index contributed by atoms with van der Waals surface area (Å²) in [4.78, 5) is 12.8. The van der Waals surface area contributed by atoms with Gasteiger partial charge in [-0.25, -0.2) is 4.79 Å². The average Bonchev–Trinajstić information content (AvgIpc) is 2.85. The molecule has 3 rings (SSSR count). The third-order valence-electron chi connectivity index (χ3n) is 4.10. The number of rotatable bonds is 4. The first-order chi connectivity index (χ1) is 12.3. The summed E-state index contributed by atoms with van der Waals surface area (Å²) in [6.07, 6.45) is 0. The summed E-state index contributed by atoms with van der Waals surface area (Å²) in [7, 11) is 1.60. The standard InChI is InChI=1S/C21H24N2O3/c1-21(2,3)26-20(24)18-16-12-15(25-4)10-11-17(16)23(19(18)22)13-14-8-6-5-7-9-14/h5-12H,13,22H2,1-4H3. The lowest BCUT2D eigenvalue weighted by molar-refractivity contribution is 0.00729. The largest absolute Gasteiger partial charge is 0.497 e. The van der Waals surface area contributed by atoms with Crippen LogP contribution in [0.4, 0.5) is 5.82 Å². The van der Waals surface area contributed by atoms with Crippen LogP contribution >= 0.6 is 0 Å². The minimum atomic E-state index is -0.601. The van der Waals surface area contributed by atoms with Gasteiger partial charge in [-0.2, -0.15) is 0 Å². The fourth-order valence-corrected chi connectivity index (χ4v) is 2.96. The van der Waals surface area contributed by atoms with Crippen molar-refractivity contribution in [1.29, 1.82) is 0 Å².